The van der Waals surface area contributed by atoms with E-state index in [0.717, 1.165) is 28.1 Å². The molecule has 3 aromatic rings. The molecule has 1 aromatic carbocycles. The SMILES string of the molecule is CNc1ncnc2c1c(-c1ccc(O)cc1)nn2C(C)C. The molecule has 2 N–H and O–H groups in total. The summed E-state index contributed by atoms with van der Waals surface area (Å²) in [6, 6.07) is 7.18. The summed E-state index contributed by atoms with van der Waals surface area (Å²) in [6.45, 7) is 4.13. The molecule has 0 saturated carbocycles. The third-order valence-corrected chi connectivity index (χ3v) is 3.36. The molecule has 0 fully saturated rings. The van der Waals surface area contributed by atoms with Crippen molar-refractivity contribution in [1.29, 1.82) is 0 Å². The molecule has 0 aliphatic carbocycles. The maximum Gasteiger partial charge on any atom is 0.164 e. The number of hydrogen-bond donors (Lipinski definition) is 2. The zero-order valence-corrected chi connectivity index (χ0v) is 12.2. The van der Waals surface area contributed by atoms with Crippen molar-refractivity contribution in [3.63, 3.8) is 0 Å². The molecular formula is C15H17N5O. The lowest BCUT2D eigenvalue weighted by molar-refractivity contribution is 0.475. The molecular weight excluding hydrogens is 266 g/mol. The largest absolute Gasteiger partial charge is 0.508 e. The first kappa shape index (κ1) is 13.4. The van der Waals surface area contributed by atoms with Crippen molar-refractivity contribution < 1.29 is 5.11 Å². The molecule has 0 saturated heterocycles. The molecule has 0 aliphatic rings. The fourth-order valence-corrected chi connectivity index (χ4v) is 2.34. The molecule has 6 heteroatoms. The Morgan fingerprint density at radius 2 is 1.86 bits per heavy atom. The zero-order chi connectivity index (χ0) is 15.0. The highest BCUT2D eigenvalue weighted by molar-refractivity contribution is 5.99. The van der Waals surface area contributed by atoms with Gasteiger partial charge >= 0.3 is 0 Å². The van der Waals surface area contributed by atoms with Crippen LogP contribution in [0.5, 0.6) is 5.75 Å². The van der Waals surface area contributed by atoms with Crippen LogP contribution in [-0.4, -0.2) is 31.9 Å². The van der Waals surface area contributed by atoms with Crippen LogP contribution in [-0.2, 0) is 0 Å². The summed E-state index contributed by atoms with van der Waals surface area (Å²) in [5.74, 6) is 0.978. The first-order chi connectivity index (χ1) is 10.1. The van der Waals surface area contributed by atoms with Gasteiger partial charge in [-0.1, -0.05) is 0 Å². The summed E-state index contributed by atoms with van der Waals surface area (Å²) in [6.07, 6.45) is 1.54. The Morgan fingerprint density at radius 3 is 2.48 bits per heavy atom. The van der Waals surface area contributed by atoms with E-state index in [4.69, 9.17) is 0 Å². The minimum atomic E-state index is 0.193. The number of anilines is 1. The molecule has 0 bridgehead atoms. The van der Waals surface area contributed by atoms with Crippen molar-refractivity contribution >= 4 is 16.9 Å². The number of phenols is 1. The van der Waals surface area contributed by atoms with Crippen molar-refractivity contribution in [1.82, 2.24) is 19.7 Å². The molecule has 0 aliphatic heterocycles. The third-order valence-electron chi connectivity index (χ3n) is 3.36. The second-order valence-electron chi connectivity index (χ2n) is 5.10. The van der Waals surface area contributed by atoms with E-state index in [1.165, 1.54) is 6.33 Å². The number of rotatable bonds is 3. The number of aromatic hydroxyl groups is 1. The van der Waals surface area contributed by atoms with E-state index in [1.807, 2.05) is 23.9 Å². The highest BCUT2D eigenvalue weighted by Crippen LogP contribution is 2.33. The van der Waals surface area contributed by atoms with Gasteiger partial charge in [-0.15, -0.1) is 0 Å². The molecule has 2 aromatic heterocycles. The van der Waals surface area contributed by atoms with Crippen molar-refractivity contribution in [2.75, 3.05) is 12.4 Å². The van der Waals surface area contributed by atoms with Crippen molar-refractivity contribution in [2.45, 2.75) is 19.9 Å². The lowest BCUT2D eigenvalue weighted by Gasteiger charge is -2.06. The Kier molecular flexibility index (Phi) is 3.21. The quantitative estimate of drug-likeness (QED) is 0.773. The van der Waals surface area contributed by atoms with Gasteiger partial charge in [0.1, 0.15) is 23.6 Å². The van der Waals surface area contributed by atoms with Crippen LogP contribution in [0.4, 0.5) is 5.82 Å². The fraction of sp³-hybridized carbons (Fsp3) is 0.267. The minimum Gasteiger partial charge on any atom is -0.508 e. The summed E-state index contributed by atoms with van der Waals surface area (Å²) in [7, 11) is 1.83. The Morgan fingerprint density at radius 1 is 1.14 bits per heavy atom. The standard InChI is InChI=1S/C15H17N5O/c1-9(2)20-15-12(14(16-3)17-8-18-15)13(19-20)10-4-6-11(21)7-5-10/h4-9,21H,1-3H3,(H,16,17,18). The van der Waals surface area contributed by atoms with Gasteiger partial charge in [0.15, 0.2) is 5.65 Å². The monoisotopic (exact) mass is 283 g/mol. The Bertz CT molecular complexity index is 777. The van der Waals surface area contributed by atoms with Gasteiger partial charge in [0.05, 0.1) is 5.39 Å². The fourth-order valence-electron chi connectivity index (χ4n) is 2.34. The van der Waals surface area contributed by atoms with Gasteiger partial charge in [-0.25, -0.2) is 14.6 Å². The van der Waals surface area contributed by atoms with E-state index in [-0.39, 0.29) is 11.8 Å². The number of phenolic OH excluding ortho intramolecular Hbond substituents is 1. The highest BCUT2D eigenvalue weighted by atomic mass is 16.3. The van der Waals surface area contributed by atoms with Crippen LogP contribution >= 0.6 is 0 Å². The maximum atomic E-state index is 9.45. The molecule has 3 rings (SSSR count). The summed E-state index contributed by atoms with van der Waals surface area (Å²) < 4.78 is 1.89. The van der Waals surface area contributed by atoms with Gasteiger partial charge < -0.3 is 10.4 Å². The van der Waals surface area contributed by atoms with Gasteiger partial charge in [-0.05, 0) is 38.1 Å². The predicted octanol–water partition coefficient (Wildman–Crippen LogP) is 2.82. The normalized spacial score (nSPS) is 11.2. The molecule has 0 atom stereocenters. The topological polar surface area (TPSA) is 75.9 Å². The van der Waals surface area contributed by atoms with Gasteiger partial charge in [0, 0.05) is 18.7 Å². The molecule has 0 radical (unpaired) electrons. The van der Waals surface area contributed by atoms with Crippen molar-refractivity contribution in [2.24, 2.45) is 0 Å². The van der Waals surface area contributed by atoms with Crippen LogP contribution in [0.15, 0.2) is 30.6 Å². The van der Waals surface area contributed by atoms with Crippen LogP contribution in [0.2, 0.25) is 0 Å². The van der Waals surface area contributed by atoms with E-state index in [1.54, 1.807) is 12.1 Å². The molecule has 2 heterocycles. The zero-order valence-electron chi connectivity index (χ0n) is 12.2. The summed E-state index contributed by atoms with van der Waals surface area (Å²) in [5.41, 5.74) is 2.53. The average Bonchev–Trinajstić information content (AvgIpc) is 2.88. The number of aromatic nitrogens is 4. The maximum absolute atomic E-state index is 9.45. The molecule has 0 spiro atoms. The second-order valence-corrected chi connectivity index (χ2v) is 5.10. The predicted molar refractivity (Wildman–Crippen MR) is 82.4 cm³/mol. The van der Waals surface area contributed by atoms with Crippen LogP contribution in [0, 0.1) is 0 Å². The minimum absolute atomic E-state index is 0.193. The number of hydrogen-bond acceptors (Lipinski definition) is 5. The van der Waals surface area contributed by atoms with Crippen LogP contribution in [0.25, 0.3) is 22.3 Å². The molecule has 6 nitrogen and oxygen atoms in total. The average molecular weight is 283 g/mol. The van der Waals surface area contributed by atoms with Crippen LogP contribution in [0.1, 0.15) is 19.9 Å². The van der Waals surface area contributed by atoms with E-state index in [0.29, 0.717) is 0 Å². The number of benzene rings is 1. The van der Waals surface area contributed by atoms with E-state index in [2.05, 4.69) is 34.2 Å². The van der Waals surface area contributed by atoms with E-state index >= 15 is 0 Å². The highest BCUT2D eigenvalue weighted by Gasteiger charge is 2.18. The lowest BCUT2D eigenvalue weighted by atomic mass is 10.1. The van der Waals surface area contributed by atoms with Crippen molar-refractivity contribution in [3.8, 4) is 17.0 Å². The first-order valence-electron chi connectivity index (χ1n) is 6.82. The second kappa shape index (κ2) is 5.05. The third kappa shape index (κ3) is 2.18. The van der Waals surface area contributed by atoms with E-state index < -0.39 is 0 Å². The Hall–Kier alpha value is -2.63. The first-order valence-corrected chi connectivity index (χ1v) is 6.82. The molecule has 0 unspecified atom stereocenters. The summed E-state index contributed by atoms with van der Waals surface area (Å²) in [5, 5.41) is 18.1. The van der Waals surface area contributed by atoms with Gasteiger partial charge in [0.2, 0.25) is 0 Å². The number of nitrogens with zero attached hydrogens (tertiary/aromatic N) is 4. The molecule has 108 valence electrons. The van der Waals surface area contributed by atoms with Gasteiger partial charge in [0.25, 0.3) is 0 Å². The van der Waals surface area contributed by atoms with E-state index in [9.17, 15) is 5.11 Å². The lowest BCUT2D eigenvalue weighted by Crippen LogP contribution is -2.04. The molecule has 0 amide bonds. The summed E-state index contributed by atoms with van der Waals surface area (Å²) >= 11 is 0. The molecule has 21 heavy (non-hydrogen) atoms. The van der Waals surface area contributed by atoms with Gasteiger partial charge in [-0.2, -0.15) is 5.10 Å². The smallest absolute Gasteiger partial charge is 0.164 e. The Labute approximate surface area is 122 Å². The van der Waals surface area contributed by atoms with Gasteiger partial charge in [-0.3, -0.25) is 0 Å². The van der Waals surface area contributed by atoms with Crippen LogP contribution in [0.3, 0.4) is 0 Å². The number of nitrogens with one attached hydrogen (secondary N) is 1. The van der Waals surface area contributed by atoms with Crippen molar-refractivity contribution in [3.05, 3.63) is 30.6 Å². The number of fused-ring (bicyclic) bond motifs is 1. The Balaban J connectivity index is 2.33. The summed E-state index contributed by atoms with van der Waals surface area (Å²) in [4.78, 5) is 8.65. The van der Waals surface area contributed by atoms with Crippen LogP contribution < -0.4 is 5.32 Å².